The van der Waals surface area contributed by atoms with Gasteiger partial charge in [-0.25, -0.2) is 4.79 Å². The fourth-order valence-electron chi connectivity index (χ4n) is 1.12. The zero-order valence-electron chi connectivity index (χ0n) is 7.19. The Morgan fingerprint density at radius 2 is 2.25 bits per heavy atom. The molecule has 0 heterocycles. The van der Waals surface area contributed by atoms with Gasteiger partial charge >= 0.3 is 5.97 Å². The van der Waals surface area contributed by atoms with Gasteiger partial charge < -0.3 is 4.74 Å². The third-order valence-electron chi connectivity index (χ3n) is 1.83. The summed E-state index contributed by atoms with van der Waals surface area (Å²) in [5.41, 5.74) is 1.87. The van der Waals surface area contributed by atoms with Crippen molar-refractivity contribution in [3.8, 4) is 0 Å². The van der Waals surface area contributed by atoms with Crippen molar-refractivity contribution in [1.82, 2.24) is 0 Å². The van der Waals surface area contributed by atoms with Crippen molar-refractivity contribution in [3.05, 3.63) is 21.7 Å². The molecule has 0 aromatic heterocycles. The highest BCUT2D eigenvalue weighted by Gasteiger charge is 2.15. The lowest BCUT2D eigenvalue weighted by molar-refractivity contribution is -0.135. The first kappa shape index (κ1) is 9.52. The van der Waals surface area contributed by atoms with Gasteiger partial charge in [0.25, 0.3) is 0 Å². The van der Waals surface area contributed by atoms with E-state index in [1.54, 1.807) is 0 Å². The highest BCUT2D eigenvalue weighted by atomic mass is 79.9. The number of esters is 1. The van der Waals surface area contributed by atoms with Crippen molar-refractivity contribution >= 4 is 21.9 Å². The fourth-order valence-corrected chi connectivity index (χ4v) is 1.59. The van der Waals surface area contributed by atoms with Gasteiger partial charge in [-0.3, -0.25) is 0 Å². The van der Waals surface area contributed by atoms with Gasteiger partial charge in [-0.15, -0.1) is 0 Å². The van der Waals surface area contributed by atoms with Crippen LogP contribution < -0.4 is 0 Å². The van der Waals surface area contributed by atoms with Crippen LogP contribution in [0.15, 0.2) is 21.7 Å². The molecular formula is C9H11BrO2. The van der Waals surface area contributed by atoms with Gasteiger partial charge in [0.2, 0.25) is 0 Å². The lowest BCUT2D eigenvalue weighted by atomic mass is 10.0. The maximum Gasteiger partial charge on any atom is 0.338 e. The smallest absolute Gasteiger partial charge is 0.338 e. The Morgan fingerprint density at radius 3 is 2.83 bits per heavy atom. The summed E-state index contributed by atoms with van der Waals surface area (Å²) < 4.78 is 5.58. The molecule has 66 valence electrons. The number of hydrogen-bond donors (Lipinski definition) is 0. The second-order valence-electron chi connectivity index (χ2n) is 2.80. The summed E-state index contributed by atoms with van der Waals surface area (Å²) in [6.45, 7) is 2.02. The highest BCUT2D eigenvalue weighted by molar-refractivity contribution is 9.11. The minimum Gasteiger partial charge on any atom is -0.465 e. The van der Waals surface area contributed by atoms with Gasteiger partial charge in [0, 0.05) is 4.48 Å². The van der Waals surface area contributed by atoms with Crippen LogP contribution in [-0.2, 0) is 9.53 Å². The minimum atomic E-state index is -0.263. The molecule has 0 atom stereocenters. The topological polar surface area (TPSA) is 26.3 Å². The monoisotopic (exact) mass is 230 g/mol. The zero-order chi connectivity index (χ0) is 9.14. The van der Waals surface area contributed by atoms with Crippen molar-refractivity contribution in [3.63, 3.8) is 0 Å². The maximum absolute atomic E-state index is 11.2. The molecule has 0 aromatic rings. The largest absolute Gasteiger partial charge is 0.465 e. The molecule has 0 spiro atoms. The molecule has 3 heteroatoms. The number of methoxy groups -OCH3 is 1. The van der Waals surface area contributed by atoms with E-state index in [2.05, 4.69) is 20.7 Å². The number of allylic oxidation sites excluding steroid dienone is 2. The molecule has 0 saturated carbocycles. The van der Waals surface area contributed by atoms with Crippen LogP contribution in [0.3, 0.4) is 0 Å². The van der Waals surface area contributed by atoms with E-state index >= 15 is 0 Å². The van der Waals surface area contributed by atoms with Gasteiger partial charge in [-0.2, -0.15) is 0 Å². The molecule has 0 aromatic carbocycles. The summed E-state index contributed by atoms with van der Waals surface area (Å²) in [4.78, 5) is 11.2. The molecule has 0 unspecified atom stereocenters. The first-order valence-electron chi connectivity index (χ1n) is 3.79. The van der Waals surface area contributed by atoms with Crippen LogP contribution in [-0.4, -0.2) is 13.1 Å². The summed E-state index contributed by atoms with van der Waals surface area (Å²) in [5, 5.41) is 0. The van der Waals surface area contributed by atoms with E-state index in [0.717, 1.165) is 17.3 Å². The van der Waals surface area contributed by atoms with Crippen molar-refractivity contribution in [1.29, 1.82) is 0 Å². The van der Waals surface area contributed by atoms with Gasteiger partial charge in [-0.05, 0) is 25.8 Å². The molecule has 1 aliphatic carbocycles. The molecular weight excluding hydrogens is 220 g/mol. The number of rotatable bonds is 1. The van der Waals surface area contributed by atoms with E-state index in [1.807, 2.05) is 13.0 Å². The summed E-state index contributed by atoms with van der Waals surface area (Å²) in [6, 6.07) is 0. The average molecular weight is 231 g/mol. The van der Waals surface area contributed by atoms with Crippen LogP contribution in [0.1, 0.15) is 19.8 Å². The number of halogens is 1. The zero-order valence-corrected chi connectivity index (χ0v) is 8.77. The van der Waals surface area contributed by atoms with Crippen LogP contribution in [0.4, 0.5) is 0 Å². The van der Waals surface area contributed by atoms with Crippen LogP contribution in [0.25, 0.3) is 0 Å². The van der Waals surface area contributed by atoms with Crippen molar-refractivity contribution in [2.75, 3.05) is 7.11 Å². The number of carbonyl (C=O) groups excluding carboxylic acids is 1. The predicted molar refractivity (Wildman–Crippen MR) is 51.0 cm³/mol. The summed E-state index contributed by atoms with van der Waals surface area (Å²) in [5.74, 6) is -0.263. The van der Waals surface area contributed by atoms with E-state index in [1.165, 1.54) is 12.7 Å². The molecule has 1 rings (SSSR count). The van der Waals surface area contributed by atoms with Crippen molar-refractivity contribution in [2.45, 2.75) is 19.8 Å². The van der Waals surface area contributed by atoms with Crippen LogP contribution in [0, 0.1) is 0 Å². The van der Waals surface area contributed by atoms with Gasteiger partial charge in [-0.1, -0.05) is 21.5 Å². The number of ether oxygens (including phenoxy) is 1. The third-order valence-corrected chi connectivity index (χ3v) is 2.65. The summed E-state index contributed by atoms with van der Waals surface area (Å²) in [6.07, 6.45) is 3.78. The van der Waals surface area contributed by atoms with E-state index in [-0.39, 0.29) is 5.97 Å². The van der Waals surface area contributed by atoms with Crippen molar-refractivity contribution < 1.29 is 9.53 Å². The standard InChI is InChI=1S/C9H11BrO2/c1-6-3-4-8(10)7(5-6)9(11)12-2/h5H,3-4H2,1-2H3. The predicted octanol–water partition coefficient (Wildman–Crippen LogP) is 2.55. The number of hydrogen-bond acceptors (Lipinski definition) is 2. The molecule has 2 nitrogen and oxygen atoms in total. The molecule has 0 amide bonds. The molecule has 0 fully saturated rings. The van der Waals surface area contributed by atoms with Crippen LogP contribution in [0.2, 0.25) is 0 Å². The highest BCUT2D eigenvalue weighted by Crippen LogP contribution is 2.28. The number of carbonyl (C=O) groups is 1. The fraction of sp³-hybridized carbons (Fsp3) is 0.444. The lowest BCUT2D eigenvalue weighted by Crippen LogP contribution is -2.07. The quantitative estimate of drug-likeness (QED) is 0.648. The second-order valence-corrected chi connectivity index (χ2v) is 3.76. The molecule has 0 N–H and O–H groups in total. The SMILES string of the molecule is COC(=O)C1=C(Br)CCC(C)=C1. The Hall–Kier alpha value is -0.570. The lowest BCUT2D eigenvalue weighted by Gasteiger charge is -2.12. The summed E-state index contributed by atoms with van der Waals surface area (Å²) >= 11 is 3.36. The first-order chi connectivity index (χ1) is 5.65. The normalized spacial score (nSPS) is 17.4. The van der Waals surface area contributed by atoms with Crippen molar-refractivity contribution in [2.24, 2.45) is 0 Å². The summed E-state index contributed by atoms with van der Waals surface area (Å²) in [7, 11) is 1.40. The van der Waals surface area contributed by atoms with E-state index < -0.39 is 0 Å². The Morgan fingerprint density at radius 1 is 1.58 bits per heavy atom. The van der Waals surface area contributed by atoms with Crippen LogP contribution in [0.5, 0.6) is 0 Å². The molecule has 0 aliphatic heterocycles. The van der Waals surface area contributed by atoms with Crippen LogP contribution >= 0.6 is 15.9 Å². The average Bonchev–Trinajstić information content (AvgIpc) is 2.08. The molecule has 0 radical (unpaired) electrons. The maximum atomic E-state index is 11.2. The minimum absolute atomic E-state index is 0.263. The Kier molecular flexibility index (Phi) is 3.09. The van der Waals surface area contributed by atoms with E-state index in [4.69, 9.17) is 0 Å². The molecule has 12 heavy (non-hydrogen) atoms. The molecule has 0 bridgehead atoms. The van der Waals surface area contributed by atoms with E-state index in [0.29, 0.717) is 5.57 Å². The second kappa shape index (κ2) is 3.90. The molecule has 0 saturated heterocycles. The molecule has 1 aliphatic rings. The van der Waals surface area contributed by atoms with Gasteiger partial charge in [0.1, 0.15) is 0 Å². The Balaban J connectivity index is 2.93. The van der Waals surface area contributed by atoms with Gasteiger partial charge in [0.05, 0.1) is 12.7 Å². The first-order valence-corrected chi connectivity index (χ1v) is 4.58. The van der Waals surface area contributed by atoms with Gasteiger partial charge in [0.15, 0.2) is 0 Å². The van der Waals surface area contributed by atoms with E-state index in [9.17, 15) is 4.79 Å². The third kappa shape index (κ3) is 1.97. The Labute approximate surface area is 80.4 Å². The Bertz CT molecular complexity index is 264.